The van der Waals surface area contributed by atoms with Crippen LogP contribution in [0.5, 0.6) is 0 Å². The van der Waals surface area contributed by atoms with Crippen molar-refractivity contribution in [3.63, 3.8) is 0 Å². The molecule has 0 aliphatic carbocycles. The van der Waals surface area contributed by atoms with Crippen LogP contribution in [0.1, 0.15) is 37.8 Å². The van der Waals surface area contributed by atoms with Gasteiger partial charge in [0.05, 0.1) is 19.4 Å². The van der Waals surface area contributed by atoms with Crippen LogP contribution in [-0.2, 0) is 24.1 Å². The summed E-state index contributed by atoms with van der Waals surface area (Å²) in [5.41, 5.74) is 0. The number of rotatable bonds is 6. The minimum Gasteiger partial charge on any atom is -0.469 e. The van der Waals surface area contributed by atoms with Crippen LogP contribution in [0.4, 0.5) is 4.79 Å². The maximum atomic E-state index is 11.9. The Kier molecular flexibility index (Phi) is 7.06. The van der Waals surface area contributed by atoms with Crippen molar-refractivity contribution in [2.24, 2.45) is 4.99 Å². The molecule has 31 heavy (non-hydrogen) atoms. The van der Waals surface area contributed by atoms with Crippen molar-refractivity contribution in [2.75, 3.05) is 26.2 Å². The van der Waals surface area contributed by atoms with E-state index < -0.39 is 0 Å². The van der Waals surface area contributed by atoms with Gasteiger partial charge < -0.3 is 24.7 Å². The minimum atomic E-state index is -0.225. The highest BCUT2D eigenvalue weighted by atomic mass is 16.6. The fraction of sp³-hybridized carbons (Fsp3) is 0.619. The standard InChI is InChI=1S/C21H31N7O3/c1-2-30-21(29)27-11-8-16(9-12-27)25-20(22-10-7-18-4-3-13-31-18)26-17-5-6-19-23-15-24-28(19)14-17/h3-4,13,15-17H,2,5-12,14H2,1H3,(H2,22,25,26). The molecule has 168 valence electrons. The average molecular weight is 430 g/mol. The molecule has 10 heteroatoms. The average Bonchev–Trinajstić information content (AvgIpc) is 3.46. The minimum absolute atomic E-state index is 0.225. The number of aliphatic imine (C=N–C) groups is 1. The van der Waals surface area contributed by atoms with E-state index in [9.17, 15) is 4.79 Å². The molecule has 0 aromatic carbocycles. The summed E-state index contributed by atoms with van der Waals surface area (Å²) >= 11 is 0. The van der Waals surface area contributed by atoms with Gasteiger partial charge in [-0.3, -0.25) is 4.99 Å². The van der Waals surface area contributed by atoms with Crippen molar-refractivity contribution in [3.8, 4) is 0 Å². The first-order valence-electron chi connectivity index (χ1n) is 11.1. The van der Waals surface area contributed by atoms with Crippen molar-refractivity contribution < 1.29 is 13.9 Å². The molecule has 0 saturated carbocycles. The lowest BCUT2D eigenvalue weighted by Crippen LogP contribution is -2.53. The SMILES string of the molecule is CCOC(=O)N1CCC(NC(=NCCc2ccco2)NC2CCc3ncnn3C2)CC1. The topological polar surface area (TPSA) is 110 Å². The first-order valence-corrected chi connectivity index (χ1v) is 11.1. The van der Waals surface area contributed by atoms with E-state index in [4.69, 9.17) is 14.1 Å². The number of guanidine groups is 1. The Balaban J connectivity index is 1.34. The quantitative estimate of drug-likeness (QED) is 0.530. The van der Waals surface area contributed by atoms with Crippen molar-refractivity contribution in [1.29, 1.82) is 0 Å². The first kappa shape index (κ1) is 21.2. The van der Waals surface area contributed by atoms with Crippen molar-refractivity contribution in [2.45, 2.75) is 57.7 Å². The van der Waals surface area contributed by atoms with Crippen molar-refractivity contribution in [3.05, 3.63) is 36.3 Å². The number of carbonyl (C=O) groups is 1. The second-order valence-electron chi connectivity index (χ2n) is 7.90. The van der Waals surface area contributed by atoms with Gasteiger partial charge in [-0.25, -0.2) is 14.5 Å². The summed E-state index contributed by atoms with van der Waals surface area (Å²) in [6.45, 7) is 5.00. The van der Waals surface area contributed by atoms with E-state index in [1.54, 1.807) is 17.5 Å². The molecule has 4 rings (SSSR count). The Hall–Kier alpha value is -3.04. The van der Waals surface area contributed by atoms with Crippen LogP contribution in [0.3, 0.4) is 0 Å². The van der Waals surface area contributed by atoms with E-state index in [0.29, 0.717) is 26.2 Å². The van der Waals surface area contributed by atoms with Gasteiger partial charge in [0.15, 0.2) is 5.96 Å². The molecule has 2 aromatic rings. The number of likely N-dealkylation sites (tertiary alicyclic amines) is 1. The number of nitrogens with one attached hydrogen (secondary N) is 2. The molecule has 0 radical (unpaired) electrons. The van der Waals surface area contributed by atoms with Crippen LogP contribution in [0.25, 0.3) is 0 Å². The monoisotopic (exact) mass is 429 g/mol. The number of furan rings is 1. The van der Waals surface area contributed by atoms with Gasteiger partial charge >= 0.3 is 6.09 Å². The lowest BCUT2D eigenvalue weighted by Gasteiger charge is -2.33. The van der Waals surface area contributed by atoms with E-state index in [1.807, 2.05) is 23.7 Å². The van der Waals surface area contributed by atoms with Gasteiger partial charge in [0, 0.05) is 44.6 Å². The van der Waals surface area contributed by atoms with Crippen LogP contribution in [0, 0.1) is 0 Å². The molecule has 1 saturated heterocycles. The number of hydrogen-bond donors (Lipinski definition) is 2. The number of fused-ring (bicyclic) bond motifs is 1. The molecular weight excluding hydrogens is 398 g/mol. The van der Waals surface area contributed by atoms with Gasteiger partial charge in [0.1, 0.15) is 17.9 Å². The van der Waals surface area contributed by atoms with Crippen LogP contribution in [0.2, 0.25) is 0 Å². The van der Waals surface area contributed by atoms with E-state index in [2.05, 4.69) is 20.7 Å². The molecule has 2 N–H and O–H groups in total. The van der Waals surface area contributed by atoms with Gasteiger partial charge in [-0.2, -0.15) is 5.10 Å². The molecule has 0 spiro atoms. The highest BCUT2D eigenvalue weighted by Crippen LogP contribution is 2.14. The predicted octanol–water partition coefficient (Wildman–Crippen LogP) is 1.58. The van der Waals surface area contributed by atoms with Crippen molar-refractivity contribution in [1.82, 2.24) is 30.3 Å². The normalized spacial score (nSPS) is 19.7. The second-order valence-corrected chi connectivity index (χ2v) is 7.90. The molecule has 1 fully saturated rings. The lowest BCUT2D eigenvalue weighted by molar-refractivity contribution is 0.0963. The van der Waals surface area contributed by atoms with Crippen LogP contribution in [-0.4, -0.2) is 70.0 Å². The molecule has 2 aliphatic rings. The van der Waals surface area contributed by atoms with Gasteiger partial charge in [-0.15, -0.1) is 0 Å². The van der Waals surface area contributed by atoms with Crippen LogP contribution < -0.4 is 10.6 Å². The number of hydrogen-bond acceptors (Lipinski definition) is 6. The van der Waals surface area contributed by atoms with E-state index >= 15 is 0 Å². The number of nitrogens with zero attached hydrogens (tertiary/aromatic N) is 5. The van der Waals surface area contributed by atoms with Gasteiger partial charge in [-0.05, 0) is 38.3 Å². The number of ether oxygens (including phenoxy) is 1. The van der Waals surface area contributed by atoms with E-state index in [-0.39, 0.29) is 18.2 Å². The lowest BCUT2D eigenvalue weighted by atomic mass is 10.1. The number of piperidine rings is 1. The summed E-state index contributed by atoms with van der Waals surface area (Å²) in [6, 6.07) is 4.36. The van der Waals surface area contributed by atoms with Gasteiger partial charge in [0.2, 0.25) is 0 Å². The van der Waals surface area contributed by atoms with Crippen LogP contribution >= 0.6 is 0 Å². The molecule has 1 unspecified atom stereocenters. The highest BCUT2D eigenvalue weighted by Gasteiger charge is 2.26. The zero-order valence-electron chi connectivity index (χ0n) is 18.0. The third-order valence-corrected chi connectivity index (χ3v) is 5.72. The Morgan fingerprint density at radius 2 is 2.13 bits per heavy atom. The summed E-state index contributed by atoms with van der Waals surface area (Å²) < 4.78 is 12.5. The summed E-state index contributed by atoms with van der Waals surface area (Å²) in [6.07, 6.45) is 7.42. The van der Waals surface area contributed by atoms with Crippen LogP contribution in [0.15, 0.2) is 34.1 Å². The summed E-state index contributed by atoms with van der Waals surface area (Å²) in [5, 5.41) is 11.5. The smallest absolute Gasteiger partial charge is 0.409 e. The molecule has 2 aliphatic heterocycles. The third kappa shape index (κ3) is 5.77. The summed E-state index contributed by atoms with van der Waals surface area (Å²) in [5.74, 6) is 2.76. The second kappa shape index (κ2) is 10.3. The molecule has 1 amide bonds. The summed E-state index contributed by atoms with van der Waals surface area (Å²) in [7, 11) is 0. The zero-order valence-corrected chi connectivity index (χ0v) is 18.0. The molecule has 1 atom stereocenters. The Morgan fingerprint density at radius 1 is 1.29 bits per heavy atom. The number of carbonyl (C=O) groups excluding carboxylic acids is 1. The van der Waals surface area contributed by atoms with Gasteiger partial charge in [-0.1, -0.05) is 0 Å². The Labute approximate surface area is 182 Å². The van der Waals surface area contributed by atoms with Crippen molar-refractivity contribution >= 4 is 12.1 Å². The number of amides is 1. The predicted molar refractivity (Wildman–Crippen MR) is 115 cm³/mol. The molecule has 2 aromatic heterocycles. The Bertz CT molecular complexity index is 856. The maximum Gasteiger partial charge on any atom is 0.409 e. The molecular formula is C21H31N7O3. The molecule has 0 bridgehead atoms. The number of aryl methyl sites for hydroxylation is 1. The highest BCUT2D eigenvalue weighted by molar-refractivity contribution is 5.80. The number of aromatic nitrogens is 3. The maximum absolute atomic E-state index is 11.9. The van der Waals surface area contributed by atoms with E-state index in [1.165, 1.54) is 0 Å². The fourth-order valence-corrected chi connectivity index (χ4v) is 4.03. The zero-order chi connectivity index (χ0) is 21.5. The van der Waals surface area contributed by atoms with Gasteiger partial charge in [0.25, 0.3) is 0 Å². The Morgan fingerprint density at radius 3 is 2.90 bits per heavy atom. The summed E-state index contributed by atoms with van der Waals surface area (Å²) in [4.78, 5) is 22.8. The first-order chi connectivity index (χ1) is 15.2. The largest absolute Gasteiger partial charge is 0.469 e. The van der Waals surface area contributed by atoms with E-state index in [0.717, 1.165) is 56.2 Å². The molecule has 10 nitrogen and oxygen atoms in total. The molecule has 4 heterocycles. The third-order valence-electron chi connectivity index (χ3n) is 5.72. The fourth-order valence-electron chi connectivity index (χ4n) is 4.03.